The van der Waals surface area contributed by atoms with Crippen LogP contribution in [0.2, 0.25) is 0 Å². The number of carbonyl (C=O) groups excluding carboxylic acids is 1. The number of fused-ring (bicyclic) bond motifs is 2. The van der Waals surface area contributed by atoms with Crippen molar-refractivity contribution in [2.24, 2.45) is 5.92 Å². The van der Waals surface area contributed by atoms with Gasteiger partial charge in [0.05, 0.1) is 6.61 Å². The first-order valence-electron chi connectivity index (χ1n) is 11.8. The molecule has 0 bridgehead atoms. The lowest BCUT2D eigenvalue weighted by Crippen LogP contribution is -2.54. The van der Waals surface area contributed by atoms with Crippen LogP contribution in [0, 0.1) is 5.92 Å². The largest absolute Gasteiger partial charge is 0.494 e. The zero-order valence-corrected chi connectivity index (χ0v) is 19.7. The molecule has 0 spiro atoms. The predicted molar refractivity (Wildman–Crippen MR) is 126 cm³/mol. The van der Waals surface area contributed by atoms with Crippen molar-refractivity contribution >= 4 is 23.1 Å². The first kappa shape index (κ1) is 21.6. The molecular formula is C24H31N7O2. The van der Waals surface area contributed by atoms with Crippen molar-refractivity contribution < 1.29 is 9.53 Å². The predicted octanol–water partition coefficient (Wildman–Crippen LogP) is 3.45. The van der Waals surface area contributed by atoms with Gasteiger partial charge in [-0.1, -0.05) is 6.92 Å². The highest BCUT2D eigenvalue weighted by Gasteiger charge is 2.42. The highest BCUT2D eigenvalue weighted by atomic mass is 16.5. The molecule has 9 nitrogen and oxygen atoms in total. The second-order valence-electron chi connectivity index (χ2n) is 9.72. The third kappa shape index (κ3) is 3.89. The number of piperidine rings is 1. The fourth-order valence-corrected chi connectivity index (χ4v) is 5.43. The minimum Gasteiger partial charge on any atom is -0.494 e. The Balaban J connectivity index is 1.35. The van der Waals surface area contributed by atoms with E-state index in [4.69, 9.17) is 4.74 Å². The molecule has 1 atom stereocenters. The van der Waals surface area contributed by atoms with E-state index in [2.05, 4.69) is 63.3 Å². The fourth-order valence-electron chi connectivity index (χ4n) is 5.43. The van der Waals surface area contributed by atoms with E-state index in [0.717, 1.165) is 49.6 Å². The summed E-state index contributed by atoms with van der Waals surface area (Å²) in [5, 5.41) is 15.9. The molecule has 2 aromatic heterocycles. The van der Waals surface area contributed by atoms with Crippen molar-refractivity contribution in [2.45, 2.75) is 58.4 Å². The molecule has 1 aromatic carbocycles. The van der Waals surface area contributed by atoms with Gasteiger partial charge in [-0.3, -0.25) is 4.79 Å². The van der Waals surface area contributed by atoms with Crippen LogP contribution in [-0.2, 0) is 4.79 Å². The van der Waals surface area contributed by atoms with Crippen LogP contribution in [0.3, 0.4) is 0 Å². The first-order chi connectivity index (χ1) is 15.9. The number of benzene rings is 1. The number of hydrogen-bond donors (Lipinski definition) is 0. The Bertz CT molecular complexity index is 1170. The second kappa shape index (κ2) is 8.28. The van der Waals surface area contributed by atoms with Crippen LogP contribution in [0.1, 0.15) is 58.4 Å². The Morgan fingerprint density at radius 1 is 1.18 bits per heavy atom. The van der Waals surface area contributed by atoms with Gasteiger partial charge in [0.2, 0.25) is 5.91 Å². The Morgan fingerprint density at radius 3 is 2.73 bits per heavy atom. The number of nitrogens with zero attached hydrogens (tertiary/aromatic N) is 7. The smallest absolute Gasteiger partial charge is 0.230 e. The molecule has 33 heavy (non-hydrogen) atoms. The Kier molecular flexibility index (Phi) is 5.42. The van der Waals surface area contributed by atoms with Crippen molar-refractivity contribution in [3.8, 4) is 5.75 Å². The van der Waals surface area contributed by atoms with Crippen LogP contribution < -0.4 is 14.5 Å². The Labute approximate surface area is 193 Å². The molecule has 5 rings (SSSR count). The molecule has 0 N–H and O–H groups in total. The third-order valence-electron chi connectivity index (χ3n) is 6.94. The molecule has 0 radical (unpaired) electrons. The molecule has 1 amide bonds. The van der Waals surface area contributed by atoms with E-state index in [1.165, 1.54) is 10.2 Å². The van der Waals surface area contributed by atoms with Crippen molar-refractivity contribution in [1.29, 1.82) is 0 Å². The Hall–Kier alpha value is -3.23. The summed E-state index contributed by atoms with van der Waals surface area (Å²) in [4.78, 5) is 18.1. The lowest BCUT2D eigenvalue weighted by atomic mass is 9.78. The maximum Gasteiger partial charge on any atom is 0.230 e. The van der Waals surface area contributed by atoms with Crippen LogP contribution in [0.5, 0.6) is 5.75 Å². The van der Waals surface area contributed by atoms with Gasteiger partial charge < -0.3 is 14.5 Å². The van der Waals surface area contributed by atoms with Crippen molar-refractivity contribution in [3.05, 3.63) is 35.9 Å². The summed E-state index contributed by atoms with van der Waals surface area (Å²) in [5.74, 6) is 2.29. The summed E-state index contributed by atoms with van der Waals surface area (Å²) in [6, 6.07) is 9.97. The summed E-state index contributed by atoms with van der Waals surface area (Å²) in [6.45, 7) is 10.8. The molecule has 1 fully saturated rings. The van der Waals surface area contributed by atoms with E-state index in [1.54, 1.807) is 0 Å². The molecule has 4 heterocycles. The molecule has 3 aromatic rings. The molecule has 0 aliphatic carbocycles. The van der Waals surface area contributed by atoms with Crippen LogP contribution >= 0.6 is 0 Å². The van der Waals surface area contributed by atoms with E-state index in [-0.39, 0.29) is 17.4 Å². The van der Waals surface area contributed by atoms with Gasteiger partial charge in [-0.25, -0.2) is 0 Å². The lowest BCUT2D eigenvalue weighted by molar-refractivity contribution is -0.124. The molecule has 2 aliphatic heterocycles. The first-order valence-corrected chi connectivity index (χ1v) is 11.8. The molecule has 174 valence electrons. The third-order valence-corrected chi connectivity index (χ3v) is 6.94. The van der Waals surface area contributed by atoms with Crippen LogP contribution in [0.25, 0.3) is 5.65 Å². The van der Waals surface area contributed by atoms with Crippen LogP contribution in [0.15, 0.2) is 30.3 Å². The van der Waals surface area contributed by atoms with E-state index >= 15 is 0 Å². The fraction of sp³-hybridized carbons (Fsp3) is 0.542. The van der Waals surface area contributed by atoms with Gasteiger partial charge in [0.1, 0.15) is 5.75 Å². The van der Waals surface area contributed by atoms with Crippen LogP contribution in [0.4, 0.5) is 11.5 Å². The normalized spacial score (nSPS) is 20.7. The van der Waals surface area contributed by atoms with Gasteiger partial charge in [-0.2, -0.15) is 0 Å². The van der Waals surface area contributed by atoms with Crippen molar-refractivity contribution in [1.82, 2.24) is 25.3 Å². The van der Waals surface area contributed by atoms with E-state index in [9.17, 15) is 4.79 Å². The average molecular weight is 450 g/mol. The highest BCUT2D eigenvalue weighted by Crippen LogP contribution is 2.45. The van der Waals surface area contributed by atoms with Gasteiger partial charge >= 0.3 is 0 Å². The van der Waals surface area contributed by atoms with Gasteiger partial charge in [0.15, 0.2) is 11.5 Å². The molecule has 2 aliphatic rings. The SMILES string of the molecule is CCOc1ccc2c(c1)C(C)CC(C)(C)N2C(=O)C1CCN(c2ccc3nnnn3n2)CC1. The summed E-state index contributed by atoms with van der Waals surface area (Å²) in [6.07, 6.45) is 2.52. The molecular weight excluding hydrogens is 418 g/mol. The van der Waals surface area contributed by atoms with E-state index in [0.29, 0.717) is 18.2 Å². The summed E-state index contributed by atoms with van der Waals surface area (Å²) in [7, 11) is 0. The minimum absolute atomic E-state index is 0.00915. The zero-order chi connectivity index (χ0) is 23.2. The van der Waals surface area contributed by atoms with Gasteiger partial charge in [0.25, 0.3) is 0 Å². The number of anilines is 2. The van der Waals surface area contributed by atoms with Gasteiger partial charge in [-0.05, 0) is 92.3 Å². The average Bonchev–Trinajstić information content (AvgIpc) is 3.27. The number of ether oxygens (including phenoxy) is 1. The lowest BCUT2D eigenvalue weighted by Gasteiger charge is -2.48. The molecule has 0 saturated carbocycles. The molecule has 1 unspecified atom stereocenters. The van der Waals surface area contributed by atoms with E-state index < -0.39 is 0 Å². The number of carbonyl (C=O) groups is 1. The summed E-state index contributed by atoms with van der Waals surface area (Å²) in [5.41, 5.74) is 2.61. The maximum absolute atomic E-state index is 13.9. The summed E-state index contributed by atoms with van der Waals surface area (Å²) < 4.78 is 7.17. The minimum atomic E-state index is -0.236. The number of tetrazole rings is 1. The molecule has 1 saturated heterocycles. The Morgan fingerprint density at radius 2 is 1.97 bits per heavy atom. The quantitative estimate of drug-likeness (QED) is 0.603. The van der Waals surface area contributed by atoms with Crippen LogP contribution in [-0.4, -0.2) is 56.4 Å². The van der Waals surface area contributed by atoms with Crippen molar-refractivity contribution in [2.75, 3.05) is 29.5 Å². The van der Waals surface area contributed by atoms with Gasteiger partial charge in [0, 0.05) is 30.2 Å². The monoisotopic (exact) mass is 449 g/mol. The number of amides is 1. The number of hydrogen-bond acceptors (Lipinski definition) is 7. The van der Waals surface area contributed by atoms with Gasteiger partial charge in [-0.15, -0.1) is 14.8 Å². The topological polar surface area (TPSA) is 88.8 Å². The number of aromatic nitrogens is 5. The standard InChI is InChI=1S/C24H31N7O2/c1-5-33-18-6-7-20-19(14-18)16(2)15-24(3,4)30(20)23(32)17-10-12-29(13-11-17)22-9-8-21-25-27-28-31(21)26-22/h6-9,14,16-17H,5,10-13,15H2,1-4H3. The maximum atomic E-state index is 13.9. The second-order valence-corrected chi connectivity index (χ2v) is 9.72. The number of rotatable bonds is 4. The highest BCUT2D eigenvalue weighted by molar-refractivity contribution is 5.98. The van der Waals surface area contributed by atoms with Crippen molar-refractivity contribution in [3.63, 3.8) is 0 Å². The molecule has 9 heteroatoms. The van der Waals surface area contributed by atoms with E-state index in [1.807, 2.05) is 25.1 Å². The summed E-state index contributed by atoms with van der Waals surface area (Å²) >= 11 is 0. The zero-order valence-electron chi connectivity index (χ0n) is 19.7.